The Morgan fingerprint density at radius 1 is 1.00 bits per heavy atom. The molecule has 0 aliphatic heterocycles. The third-order valence-corrected chi connectivity index (χ3v) is 6.81. The van der Waals surface area contributed by atoms with Crippen molar-refractivity contribution in [3.8, 4) is 22.8 Å². The van der Waals surface area contributed by atoms with Crippen LogP contribution in [0.4, 0.5) is 0 Å². The highest BCUT2D eigenvalue weighted by molar-refractivity contribution is 5.85. The van der Waals surface area contributed by atoms with Gasteiger partial charge >= 0.3 is 5.97 Å². The number of hydrogen-bond donors (Lipinski definition) is 0. The van der Waals surface area contributed by atoms with Crippen LogP contribution in [0, 0.1) is 23.2 Å². The molecule has 1 aromatic carbocycles. The van der Waals surface area contributed by atoms with Crippen LogP contribution in [0.2, 0.25) is 0 Å². The Bertz CT molecular complexity index is 832. The molecule has 156 valence electrons. The summed E-state index contributed by atoms with van der Waals surface area (Å²) in [5, 5.41) is 0. The molecule has 5 nitrogen and oxygen atoms in total. The van der Waals surface area contributed by atoms with E-state index in [2.05, 4.69) is 4.98 Å². The topological polar surface area (TPSA) is 79.9 Å². The van der Waals surface area contributed by atoms with Gasteiger partial charge in [0.15, 0.2) is 5.75 Å². The molecule has 4 saturated carbocycles. The lowest BCUT2D eigenvalue weighted by atomic mass is 9.49. The predicted octanol–water partition coefficient (Wildman–Crippen LogP) is 4.48. The molecule has 4 bridgehead atoms. The minimum absolute atomic E-state index is 0. The van der Waals surface area contributed by atoms with E-state index in [4.69, 9.17) is 9.47 Å². The number of nitrogens with zero attached hydrogens (tertiary/aromatic N) is 1. The number of esters is 1. The van der Waals surface area contributed by atoms with Gasteiger partial charge in [0.1, 0.15) is 11.4 Å². The van der Waals surface area contributed by atoms with E-state index in [1.165, 1.54) is 19.3 Å². The molecule has 0 amide bonds. The van der Waals surface area contributed by atoms with Gasteiger partial charge in [-0.2, -0.15) is 0 Å². The van der Waals surface area contributed by atoms with E-state index in [1.54, 1.807) is 13.3 Å². The van der Waals surface area contributed by atoms with Gasteiger partial charge in [-0.05, 0) is 92.7 Å². The molecular formula is C23H28ClNO4. The summed E-state index contributed by atoms with van der Waals surface area (Å²) in [7, 11) is 1.65. The molecule has 29 heavy (non-hydrogen) atoms. The molecule has 0 radical (unpaired) electrons. The third-order valence-electron chi connectivity index (χ3n) is 6.81. The summed E-state index contributed by atoms with van der Waals surface area (Å²) in [6, 6.07) is 11.4. The van der Waals surface area contributed by atoms with E-state index >= 15 is 0 Å². The number of carbonyl (C=O) groups excluding carboxylic acids is 1. The lowest BCUT2D eigenvalue weighted by Crippen LogP contribution is -2.51. The molecule has 0 atom stereocenters. The molecule has 1 aromatic heterocycles. The van der Waals surface area contributed by atoms with Crippen molar-refractivity contribution in [3.63, 3.8) is 0 Å². The lowest BCUT2D eigenvalue weighted by molar-refractivity contribution is -0.161. The van der Waals surface area contributed by atoms with E-state index in [1.807, 2.05) is 36.4 Å². The van der Waals surface area contributed by atoms with Crippen molar-refractivity contribution in [1.82, 2.24) is 4.98 Å². The molecule has 0 unspecified atom stereocenters. The Morgan fingerprint density at radius 2 is 1.59 bits per heavy atom. The van der Waals surface area contributed by atoms with Crippen LogP contribution in [0.25, 0.3) is 11.3 Å². The van der Waals surface area contributed by atoms with Gasteiger partial charge in [-0.25, -0.2) is 0 Å². The number of methoxy groups -OCH3 is 1. The molecular weight excluding hydrogens is 390 g/mol. The van der Waals surface area contributed by atoms with Crippen LogP contribution in [0.5, 0.6) is 11.5 Å². The quantitative estimate of drug-likeness (QED) is 0.687. The monoisotopic (exact) mass is 417 g/mol. The van der Waals surface area contributed by atoms with Crippen molar-refractivity contribution < 1.29 is 19.7 Å². The zero-order valence-corrected chi connectivity index (χ0v) is 17.4. The fourth-order valence-corrected chi connectivity index (χ4v) is 6.01. The average molecular weight is 418 g/mol. The summed E-state index contributed by atoms with van der Waals surface area (Å²) in [5.41, 5.74) is 1.37. The van der Waals surface area contributed by atoms with Crippen molar-refractivity contribution in [2.24, 2.45) is 23.2 Å². The maximum atomic E-state index is 13.3. The van der Waals surface area contributed by atoms with Crippen LogP contribution in [0.15, 0.2) is 42.6 Å². The van der Waals surface area contributed by atoms with E-state index in [-0.39, 0.29) is 29.3 Å². The van der Waals surface area contributed by atoms with Gasteiger partial charge in [0.25, 0.3) is 0 Å². The van der Waals surface area contributed by atoms with Gasteiger partial charge < -0.3 is 14.9 Å². The molecule has 2 aromatic rings. The number of aromatic nitrogens is 1. The summed E-state index contributed by atoms with van der Waals surface area (Å²) in [5.74, 6) is 3.48. The largest absolute Gasteiger partial charge is 0.497 e. The summed E-state index contributed by atoms with van der Waals surface area (Å²) in [6.45, 7) is 0. The van der Waals surface area contributed by atoms with Crippen LogP contribution < -0.4 is 9.47 Å². The number of pyridine rings is 1. The van der Waals surface area contributed by atoms with Gasteiger partial charge in [-0.3, -0.25) is 9.78 Å². The zero-order valence-electron chi connectivity index (χ0n) is 16.6. The smallest absolute Gasteiger partial charge is 0.317 e. The molecule has 0 saturated heterocycles. The second-order valence-electron chi connectivity index (χ2n) is 8.67. The number of halogens is 1. The molecule has 0 spiro atoms. The van der Waals surface area contributed by atoms with Crippen molar-refractivity contribution in [1.29, 1.82) is 0 Å². The highest BCUT2D eigenvalue weighted by Crippen LogP contribution is 2.60. The fourth-order valence-electron chi connectivity index (χ4n) is 6.01. The summed E-state index contributed by atoms with van der Waals surface area (Å²) >= 11 is 0. The Labute approximate surface area is 177 Å². The lowest BCUT2D eigenvalue weighted by Gasteiger charge is -2.55. The highest BCUT2D eigenvalue weighted by Gasteiger charge is 2.55. The van der Waals surface area contributed by atoms with Gasteiger partial charge in [0.2, 0.25) is 0 Å². The van der Waals surface area contributed by atoms with E-state index in [0.29, 0.717) is 11.4 Å². The molecule has 4 aliphatic carbocycles. The number of rotatable bonds is 4. The normalized spacial score (nSPS) is 28.8. The van der Waals surface area contributed by atoms with Crippen LogP contribution in [-0.2, 0) is 4.79 Å². The van der Waals surface area contributed by atoms with Crippen molar-refractivity contribution >= 4 is 18.4 Å². The van der Waals surface area contributed by atoms with Crippen LogP contribution >= 0.6 is 12.4 Å². The third kappa shape index (κ3) is 3.86. The minimum Gasteiger partial charge on any atom is -0.497 e. The zero-order chi connectivity index (χ0) is 18.4. The van der Waals surface area contributed by atoms with E-state index < -0.39 is 0 Å². The Balaban J connectivity index is 0.00000120. The first-order chi connectivity index (χ1) is 13.1. The van der Waals surface area contributed by atoms with E-state index in [9.17, 15) is 4.79 Å². The standard InChI is InChI=1S/C23H25NO3.ClH.H2O/c1-26-19-6-4-18(5-7-19)21-20(3-2-8-24-21)27-22(25)23-12-15-9-16(13-23)11-17(10-15)14-23;;/h2-8,15-17H,9-14H2,1H3;1H;1H2. The number of ether oxygens (including phenoxy) is 2. The van der Waals surface area contributed by atoms with Crippen molar-refractivity contribution in [3.05, 3.63) is 42.6 Å². The van der Waals surface area contributed by atoms with Crippen LogP contribution in [0.3, 0.4) is 0 Å². The molecule has 1 heterocycles. The Hall–Kier alpha value is -2.11. The Kier molecular flexibility index (Phi) is 6.20. The average Bonchev–Trinajstić information content (AvgIpc) is 2.67. The van der Waals surface area contributed by atoms with Crippen molar-refractivity contribution in [2.45, 2.75) is 38.5 Å². The second kappa shape index (κ2) is 8.33. The van der Waals surface area contributed by atoms with Crippen LogP contribution in [0.1, 0.15) is 38.5 Å². The Morgan fingerprint density at radius 3 is 2.14 bits per heavy atom. The predicted molar refractivity (Wildman–Crippen MR) is 113 cm³/mol. The van der Waals surface area contributed by atoms with Crippen molar-refractivity contribution in [2.75, 3.05) is 7.11 Å². The molecule has 2 N–H and O–H groups in total. The summed E-state index contributed by atoms with van der Waals surface area (Å²) in [4.78, 5) is 17.8. The number of carbonyl (C=O) groups is 1. The second-order valence-corrected chi connectivity index (χ2v) is 8.67. The molecule has 6 rings (SSSR count). The summed E-state index contributed by atoms with van der Waals surface area (Å²) in [6.07, 6.45) is 8.72. The SMILES string of the molecule is COc1ccc(-c2ncccc2OC(=O)C23CC4CC(CC(C4)C2)C3)cc1.Cl.O. The molecule has 4 fully saturated rings. The molecule has 4 aliphatic rings. The first-order valence-electron chi connectivity index (χ1n) is 9.97. The van der Waals surface area contributed by atoms with Gasteiger partial charge in [0.05, 0.1) is 12.5 Å². The number of hydrogen-bond acceptors (Lipinski definition) is 4. The number of benzene rings is 1. The molecule has 6 heteroatoms. The van der Waals surface area contributed by atoms with E-state index in [0.717, 1.165) is 48.3 Å². The maximum absolute atomic E-state index is 13.3. The minimum atomic E-state index is -0.262. The van der Waals surface area contributed by atoms with Gasteiger partial charge in [-0.1, -0.05) is 0 Å². The first kappa shape index (κ1) is 21.6. The fraction of sp³-hybridized carbons (Fsp3) is 0.478. The van der Waals surface area contributed by atoms with Crippen LogP contribution in [-0.4, -0.2) is 23.5 Å². The van der Waals surface area contributed by atoms with Gasteiger partial charge in [0, 0.05) is 11.8 Å². The maximum Gasteiger partial charge on any atom is 0.317 e. The van der Waals surface area contributed by atoms with Gasteiger partial charge in [-0.15, -0.1) is 12.4 Å². The summed E-state index contributed by atoms with van der Waals surface area (Å²) < 4.78 is 11.2. The first-order valence-corrected chi connectivity index (χ1v) is 9.97. The highest BCUT2D eigenvalue weighted by atomic mass is 35.5.